The van der Waals surface area contributed by atoms with Crippen LogP contribution in [-0.4, -0.2) is 11.5 Å². The predicted molar refractivity (Wildman–Crippen MR) is 60.3 cm³/mol. The summed E-state index contributed by atoms with van der Waals surface area (Å²) in [7, 11) is 0. The Morgan fingerprint density at radius 1 is 1.29 bits per heavy atom. The number of nitrogen functional groups attached to an aromatic ring is 1. The second-order valence-corrected chi connectivity index (χ2v) is 3.15. The van der Waals surface area contributed by atoms with E-state index >= 15 is 0 Å². The minimum atomic E-state index is 0.773. The van der Waals surface area contributed by atoms with Gasteiger partial charge in [0, 0.05) is 41.1 Å². The van der Waals surface area contributed by atoms with Gasteiger partial charge in [-0.3, -0.25) is 4.98 Å². The molecule has 1 heterocycles. The summed E-state index contributed by atoms with van der Waals surface area (Å²) in [6.45, 7) is 2.98. The number of rotatable bonds is 2. The highest BCUT2D eigenvalue weighted by molar-refractivity contribution is 6.00. The summed E-state index contributed by atoms with van der Waals surface area (Å²) >= 11 is 0. The molecule has 2 aromatic rings. The fraction of sp³-hybridized carbons (Fsp3) is 0.182. The molecule has 0 aliphatic carbocycles. The number of benzene rings is 1. The first-order valence-electron chi connectivity index (χ1n) is 4.69. The standard InChI is InChI=1S/C11H13N3/c1-2-14-11-4-3-10(12)9-7-13-6-5-8(9)11/h3-7,14H,2,12H2,1H3. The van der Waals surface area contributed by atoms with E-state index in [-0.39, 0.29) is 0 Å². The number of hydrogen-bond donors (Lipinski definition) is 2. The third-order valence-electron chi connectivity index (χ3n) is 2.22. The van der Waals surface area contributed by atoms with E-state index in [2.05, 4.69) is 17.2 Å². The van der Waals surface area contributed by atoms with Crippen molar-refractivity contribution in [2.75, 3.05) is 17.6 Å². The van der Waals surface area contributed by atoms with Crippen molar-refractivity contribution in [3.05, 3.63) is 30.6 Å². The van der Waals surface area contributed by atoms with Gasteiger partial charge < -0.3 is 11.1 Å². The van der Waals surface area contributed by atoms with Crippen molar-refractivity contribution in [2.24, 2.45) is 0 Å². The second-order valence-electron chi connectivity index (χ2n) is 3.15. The van der Waals surface area contributed by atoms with Crippen LogP contribution in [0.15, 0.2) is 30.6 Å². The minimum Gasteiger partial charge on any atom is -0.398 e. The molecule has 2 rings (SSSR count). The molecular weight excluding hydrogens is 174 g/mol. The van der Waals surface area contributed by atoms with Gasteiger partial charge >= 0.3 is 0 Å². The molecule has 0 saturated carbocycles. The van der Waals surface area contributed by atoms with Gasteiger partial charge in [-0.05, 0) is 25.1 Å². The highest BCUT2D eigenvalue weighted by Gasteiger charge is 2.02. The highest BCUT2D eigenvalue weighted by atomic mass is 14.9. The molecule has 0 aliphatic heterocycles. The summed E-state index contributed by atoms with van der Waals surface area (Å²) in [5.74, 6) is 0. The zero-order valence-corrected chi connectivity index (χ0v) is 8.12. The Morgan fingerprint density at radius 2 is 2.14 bits per heavy atom. The number of pyridine rings is 1. The molecule has 0 atom stereocenters. The lowest BCUT2D eigenvalue weighted by Gasteiger charge is -2.08. The van der Waals surface area contributed by atoms with E-state index in [1.54, 1.807) is 12.4 Å². The van der Waals surface area contributed by atoms with E-state index in [0.29, 0.717) is 0 Å². The van der Waals surface area contributed by atoms with Crippen LogP contribution in [0.4, 0.5) is 11.4 Å². The SMILES string of the molecule is CCNc1ccc(N)c2cnccc12. The molecule has 0 unspecified atom stereocenters. The van der Waals surface area contributed by atoms with Crippen LogP contribution in [0.2, 0.25) is 0 Å². The van der Waals surface area contributed by atoms with Crippen LogP contribution in [0.5, 0.6) is 0 Å². The van der Waals surface area contributed by atoms with Crippen LogP contribution in [0, 0.1) is 0 Å². The van der Waals surface area contributed by atoms with Crippen molar-refractivity contribution in [3.8, 4) is 0 Å². The molecule has 72 valence electrons. The molecule has 0 amide bonds. The van der Waals surface area contributed by atoms with Crippen LogP contribution in [0.1, 0.15) is 6.92 Å². The lowest BCUT2D eigenvalue weighted by molar-refractivity contribution is 1.22. The highest BCUT2D eigenvalue weighted by Crippen LogP contribution is 2.26. The van der Waals surface area contributed by atoms with E-state index in [4.69, 9.17) is 5.73 Å². The molecule has 0 saturated heterocycles. The van der Waals surface area contributed by atoms with Gasteiger partial charge in [0.05, 0.1) is 0 Å². The molecule has 0 fully saturated rings. The average molecular weight is 187 g/mol. The van der Waals surface area contributed by atoms with Crippen LogP contribution in [0.3, 0.4) is 0 Å². The number of nitrogens with two attached hydrogens (primary N) is 1. The smallest absolute Gasteiger partial charge is 0.0422 e. The second kappa shape index (κ2) is 3.54. The van der Waals surface area contributed by atoms with Crippen molar-refractivity contribution in [2.45, 2.75) is 6.92 Å². The number of fused-ring (bicyclic) bond motifs is 1. The van der Waals surface area contributed by atoms with Gasteiger partial charge in [-0.2, -0.15) is 0 Å². The first-order valence-corrected chi connectivity index (χ1v) is 4.69. The summed E-state index contributed by atoms with van der Waals surface area (Å²) < 4.78 is 0. The monoisotopic (exact) mass is 187 g/mol. The van der Waals surface area contributed by atoms with E-state index in [9.17, 15) is 0 Å². The minimum absolute atomic E-state index is 0.773. The van der Waals surface area contributed by atoms with Gasteiger partial charge in [-0.1, -0.05) is 0 Å². The fourth-order valence-electron chi connectivity index (χ4n) is 1.56. The maximum Gasteiger partial charge on any atom is 0.0422 e. The topological polar surface area (TPSA) is 50.9 Å². The van der Waals surface area contributed by atoms with Gasteiger partial charge in [0.25, 0.3) is 0 Å². The van der Waals surface area contributed by atoms with Crippen molar-refractivity contribution in [1.29, 1.82) is 0 Å². The van der Waals surface area contributed by atoms with Gasteiger partial charge in [0.2, 0.25) is 0 Å². The number of hydrogen-bond acceptors (Lipinski definition) is 3. The number of aromatic nitrogens is 1. The summed E-state index contributed by atoms with van der Waals surface area (Å²) in [6, 6.07) is 5.88. The Kier molecular flexibility index (Phi) is 2.23. The van der Waals surface area contributed by atoms with Crippen molar-refractivity contribution in [1.82, 2.24) is 4.98 Å². The third kappa shape index (κ3) is 1.37. The molecule has 0 radical (unpaired) electrons. The molecule has 0 bridgehead atoms. The van der Waals surface area contributed by atoms with E-state index in [0.717, 1.165) is 28.7 Å². The number of nitrogens with one attached hydrogen (secondary N) is 1. The van der Waals surface area contributed by atoms with Gasteiger partial charge in [-0.15, -0.1) is 0 Å². The average Bonchev–Trinajstić information content (AvgIpc) is 2.23. The molecule has 1 aromatic carbocycles. The zero-order chi connectivity index (χ0) is 9.97. The van der Waals surface area contributed by atoms with Crippen molar-refractivity contribution < 1.29 is 0 Å². The molecule has 1 aromatic heterocycles. The first kappa shape index (κ1) is 8.81. The summed E-state index contributed by atoms with van der Waals surface area (Å²) in [4.78, 5) is 4.07. The van der Waals surface area contributed by atoms with Gasteiger partial charge in [0.1, 0.15) is 0 Å². The first-order chi connectivity index (χ1) is 6.83. The fourth-order valence-corrected chi connectivity index (χ4v) is 1.56. The quantitative estimate of drug-likeness (QED) is 0.709. The molecule has 3 nitrogen and oxygen atoms in total. The Labute approximate surface area is 83.0 Å². The summed E-state index contributed by atoms with van der Waals surface area (Å²) in [6.07, 6.45) is 3.58. The van der Waals surface area contributed by atoms with E-state index < -0.39 is 0 Å². The maximum absolute atomic E-state index is 5.85. The van der Waals surface area contributed by atoms with Crippen LogP contribution < -0.4 is 11.1 Å². The van der Waals surface area contributed by atoms with Crippen LogP contribution in [-0.2, 0) is 0 Å². The molecule has 0 aliphatic rings. The zero-order valence-electron chi connectivity index (χ0n) is 8.12. The summed E-state index contributed by atoms with van der Waals surface area (Å²) in [5.41, 5.74) is 7.74. The van der Waals surface area contributed by atoms with Crippen LogP contribution in [0.25, 0.3) is 10.8 Å². The summed E-state index contributed by atoms with van der Waals surface area (Å²) in [5, 5.41) is 5.43. The Bertz CT molecular complexity index is 451. The molecule has 3 N–H and O–H groups in total. The predicted octanol–water partition coefficient (Wildman–Crippen LogP) is 2.25. The largest absolute Gasteiger partial charge is 0.398 e. The lowest BCUT2D eigenvalue weighted by Crippen LogP contribution is -1.98. The van der Waals surface area contributed by atoms with Crippen molar-refractivity contribution >= 4 is 22.1 Å². The van der Waals surface area contributed by atoms with Crippen molar-refractivity contribution in [3.63, 3.8) is 0 Å². The van der Waals surface area contributed by atoms with E-state index in [1.165, 1.54) is 0 Å². The normalized spacial score (nSPS) is 10.4. The van der Waals surface area contributed by atoms with Crippen LogP contribution >= 0.6 is 0 Å². The van der Waals surface area contributed by atoms with Gasteiger partial charge in [-0.25, -0.2) is 0 Å². The number of nitrogens with zero attached hydrogens (tertiary/aromatic N) is 1. The third-order valence-corrected chi connectivity index (χ3v) is 2.22. The molecular formula is C11H13N3. The molecule has 0 spiro atoms. The lowest BCUT2D eigenvalue weighted by atomic mass is 10.1. The molecule has 3 heteroatoms. The Morgan fingerprint density at radius 3 is 2.93 bits per heavy atom. The maximum atomic E-state index is 5.85. The van der Waals surface area contributed by atoms with Gasteiger partial charge in [0.15, 0.2) is 0 Å². The Balaban J connectivity index is 2.68. The Hall–Kier alpha value is -1.77. The number of anilines is 2. The van der Waals surface area contributed by atoms with E-state index in [1.807, 2.05) is 18.2 Å². The molecule has 14 heavy (non-hydrogen) atoms.